The molecule has 0 atom stereocenters. The van der Waals surface area contributed by atoms with E-state index in [0.29, 0.717) is 37.3 Å². The summed E-state index contributed by atoms with van der Waals surface area (Å²) in [5.41, 5.74) is 3.72. The monoisotopic (exact) mass is 623 g/mol. The Kier molecular flexibility index (Phi) is 8.55. The molecule has 0 unspecified atom stereocenters. The first kappa shape index (κ1) is 30.6. The highest BCUT2D eigenvalue weighted by molar-refractivity contribution is 5.78. The fourth-order valence-corrected chi connectivity index (χ4v) is 5.24. The Morgan fingerprint density at radius 3 is 2.63 bits per heavy atom. The van der Waals surface area contributed by atoms with E-state index in [1.54, 1.807) is 28.2 Å². The van der Waals surface area contributed by atoms with Crippen LogP contribution in [-0.4, -0.2) is 71.4 Å². The van der Waals surface area contributed by atoms with Crippen molar-refractivity contribution in [3.63, 3.8) is 0 Å². The maximum Gasteiger partial charge on any atom is 0.410 e. The van der Waals surface area contributed by atoms with Gasteiger partial charge in [-0.2, -0.15) is 5.10 Å². The molecule has 4 aromatic heterocycles. The number of aromatic nitrogens is 6. The molecule has 46 heavy (non-hydrogen) atoms. The predicted molar refractivity (Wildman–Crippen MR) is 173 cm³/mol. The number of rotatable bonds is 10. The number of aromatic amines is 1. The van der Waals surface area contributed by atoms with Crippen LogP contribution in [0.1, 0.15) is 38.1 Å². The molecule has 5 aromatic rings. The summed E-state index contributed by atoms with van der Waals surface area (Å²) in [6.07, 6.45) is 7.09. The molecule has 3 N–H and O–H groups in total. The third kappa shape index (κ3) is 7.09. The van der Waals surface area contributed by atoms with E-state index in [9.17, 15) is 14.4 Å². The van der Waals surface area contributed by atoms with E-state index in [0.717, 1.165) is 22.3 Å². The topological polar surface area (TPSA) is 152 Å². The molecule has 2 amide bonds. The van der Waals surface area contributed by atoms with Gasteiger partial charge in [0, 0.05) is 43.3 Å². The van der Waals surface area contributed by atoms with Crippen molar-refractivity contribution in [1.82, 2.24) is 39.5 Å². The van der Waals surface area contributed by atoms with Gasteiger partial charge in [0.15, 0.2) is 5.82 Å². The van der Waals surface area contributed by atoms with Crippen molar-refractivity contribution in [1.29, 1.82) is 0 Å². The third-order valence-corrected chi connectivity index (χ3v) is 7.61. The number of nitrogens with zero attached hydrogens (tertiary/aromatic N) is 6. The minimum absolute atomic E-state index is 0.0394. The average molecular weight is 624 g/mol. The van der Waals surface area contributed by atoms with Gasteiger partial charge in [-0.1, -0.05) is 30.3 Å². The van der Waals surface area contributed by atoms with Crippen molar-refractivity contribution in [3.05, 3.63) is 94.9 Å². The molecule has 0 bridgehead atoms. The standard InChI is InChI=1S/C33H37N9O4/c1-33(2,3)46-32(45)40-19-25(20-40)42-18-23(15-38-42)28-17-37-30(35-13-11-22-8-5-4-6-9-22)31(44)41(28)21-29(43)36-16-24-14-27-26(39-24)10-7-12-34-27/h4-10,12,14-15,17-18,25,39H,11,13,16,19-21H2,1-3H3,(H,35,37)(H,36,43). The molecule has 13 nitrogen and oxygen atoms in total. The van der Waals surface area contributed by atoms with Crippen LogP contribution in [0.3, 0.4) is 0 Å². The molecule has 1 aromatic carbocycles. The summed E-state index contributed by atoms with van der Waals surface area (Å²) in [7, 11) is 0. The molecule has 6 rings (SSSR count). The number of amides is 2. The molecule has 1 fully saturated rings. The van der Waals surface area contributed by atoms with Gasteiger partial charge in [-0.3, -0.25) is 23.8 Å². The number of benzene rings is 1. The second-order valence-electron chi connectivity index (χ2n) is 12.3. The zero-order valence-electron chi connectivity index (χ0n) is 26.1. The molecular formula is C33H37N9O4. The van der Waals surface area contributed by atoms with Crippen LogP contribution in [0, 0.1) is 0 Å². The maximum absolute atomic E-state index is 13.7. The molecule has 0 radical (unpaired) electrons. The van der Waals surface area contributed by atoms with Gasteiger partial charge in [0.1, 0.15) is 12.1 Å². The quantitative estimate of drug-likeness (QED) is 0.213. The summed E-state index contributed by atoms with van der Waals surface area (Å²) >= 11 is 0. The van der Waals surface area contributed by atoms with Crippen molar-refractivity contribution in [2.24, 2.45) is 0 Å². The molecular weight excluding hydrogens is 586 g/mol. The number of anilines is 1. The third-order valence-electron chi connectivity index (χ3n) is 7.61. The smallest absolute Gasteiger partial charge is 0.410 e. The van der Waals surface area contributed by atoms with Crippen molar-refractivity contribution in [3.8, 4) is 11.3 Å². The van der Waals surface area contributed by atoms with E-state index < -0.39 is 11.2 Å². The van der Waals surface area contributed by atoms with Crippen LogP contribution >= 0.6 is 0 Å². The van der Waals surface area contributed by atoms with Crippen molar-refractivity contribution in [2.45, 2.75) is 51.9 Å². The molecule has 0 spiro atoms. The molecule has 0 saturated carbocycles. The number of ether oxygens (including phenoxy) is 1. The lowest BCUT2D eigenvalue weighted by Gasteiger charge is -2.39. The Balaban J connectivity index is 1.18. The van der Waals surface area contributed by atoms with Gasteiger partial charge in [-0.05, 0) is 51.0 Å². The number of carbonyl (C=O) groups excluding carboxylic acids is 2. The van der Waals surface area contributed by atoms with Crippen molar-refractivity contribution in [2.75, 3.05) is 25.0 Å². The highest BCUT2D eigenvalue weighted by Crippen LogP contribution is 2.26. The van der Waals surface area contributed by atoms with Crippen LogP contribution in [0.2, 0.25) is 0 Å². The van der Waals surface area contributed by atoms with Crippen LogP contribution in [0.15, 0.2) is 78.1 Å². The molecule has 1 aliphatic rings. The van der Waals surface area contributed by atoms with Gasteiger partial charge in [0.25, 0.3) is 5.56 Å². The lowest BCUT2D eigenvalue weighted by atomic mass is 10.1. The second-order valence-corrected chi connectivity index (χ2v) is 12.3. The summed E-state index contributed by atoms with van der Waals surface area (Å²) in [4.78, 5) is 52.9. The minimum Gasteiger partial charge on any atom is -0.444 e. The number of hydrogen-bond acceptors (Lipinski definition) is 8. The first-order valence-electron chi connectivity index (χ1n) is 15.2. The number of pyridine rings is 1. The molecule has 1 aliphatic heterocycles. The lowest BCUT2D eigenvalue weighted by molar-refractivity contribution is -0.121. The predicted octanol–water partition coefficient (Wildman–Crippen LogP) is 3.75. The van der Waals surface area contributed by atoms with Crippen LogP contribution in [0.4, 0.5) is 10.6 Å². The lowest BCUT2D eigenvalue weighted by Crippen LogP contribution is -2.52. The minimum atomic E-state index is -0.570. The number of hydrogen-bond donors (Lipinski definition) is 3. The second kappa shape index (κ2) is 12.9. The molecule has 13 heteroatoms. The van der Waals surface area contributed by atoms with E-state index >= 15 is 0 Å². The van der Waals surface area contributed by atoms with E-state index in [1.165, 1.54) is 4.57 Å². The van der Waals surface area contributed by atoms with Crippen LogP contribution < -0.4 is 16.2 Å². The van der Waals surface area contributed by atoms with E-state index in [4.69, 9.17) is 4.74 Å². The van der Waals surface area contributed by atoms with E-state index in [1.807, 2.05) is 75.5 Å². The van der Waals surface area contributed by atoms with Crippen LogP contribution in [0.5, 0.6) is 0 Å². The van der Waals surface area contributed by atoms with Gasteiger partial charge < -0.3 is 25.3 Å². The SMILES string of the molecule is CC(C)(C)OC(=O)N1CC(n2cc(-c3cnc(NCCc4ccccc4)c(=O)n3CC(=O)NCc3cc4ncccc4[nH]3)cn2)C1. The van der Waals surface area contributed by atoms with Gasteiger partial charge in [0.2, 0.25) is 5.91 Å². The van der Waals surface area contributed by atoms with Crippen LogP contribution in [0.25, 0.3) is 22.3 Å². The zero-order valence-corrected chi connectivity index (χ0v) is 26.1. The first-order valence-corrected chi connectivity index (χ1v) is 15.2. The highest BCUT2D eigenvalue weighted by atomic mass is 16.6. The Bertz CT molecular complexity index is 1870. The van der Waals surface area contributed by atoms with E-state index in [2.05, 4.69) is 30.7 Å². The number of likely N-dealkylation sites (tertiary alicyclic amines) is 1. The summed E-state index contributed by atoms with van der Waals surface area (Å²) in [5, 5.41) is 10.5. The summed E-state index contributed by atoms with van der Waals surface area (Å²) in [5.74, 6) is -0.177. The molecule has 1 saturated heterocycles. The normalized spacial score (nSPS) is 13.4. The summed E-state index contributed by atoms with van der Waals surface area (Å²) in [6, 6.07) is 15.6. The Morgan fingerprint density at radius 2 is 1.87 bits per heavy atom. The van der Waals surface area contributed by atoms with Gasteiger partial charge >= 0.3 is 6.09 Å². The molecule has 238 valence electrons. The largest absolute Gasteiger partial charge is 0.444 e. The highest BCUT2D eigenvalue weighted by Gasteiger charge is 2.35. The fraction of sp³-hybridized carbons (Fsp3) is 0.333. The number of H-pyrrole nitrogens is 1. The van der Waals surface area contributed by atoms with Gasteiger partial charge in [-0.25, -0.2) is 9.78 Å². The Hall–Kier alpha value is -5.46. The summed E-state index contributed by atoms with van der Waals surface area (Å²) in [6.45, 7) is 6.94. The number of nitrogens with one attached hydrogen (secondary N) is 3. The van der Waals surface area contributed by atoms with Gasteiger partial charge in [0.05, 0.1) is 41.7 Å². The summed E-state index contributed by atoms with van der Waals surface area (Å²) < 4.78 is 8.63. The van der Waals surface area contributed by atoms with Gasteiger partial charge in [-0.15, -0.1) is 0 Å². The molecule has 5 heterocycles. The number of fused-ring (bicyclic) bond motifs is 1. The van der Waals surface area contributed by atoms with Crippen LogP contribution in [-0.2, 0) is 29.0 Å². The maximum atomic E-state index is 13.7. The van der Waals surface area contributed by atoms with Crippen molar-refractivity contribution >= 4 is 28.9 Å². The fourth-order valence-electron chi connectivity index (χ4n) is 5.24. The Labute approximate surface area is 265 Å². The van der Waals surface area contributed by atoms with E-state index in [-0.39, 0.29) is 36.9 Å². The Morgan fingerprint density at radius 1 is 1.07 bits per heavy atom. The number of carbonyl (C=O) groups is 2. The van der Waals surface area contributed by atoms with Crippen molar-refractivity contribution < 1.29 is 14.3 Å². The average Bonchev–Trinajstić information content (AvgIpc) is 3.64. The zero-order chi connectivity index (χ0) is 32.3. The first-order chi connectivity index (χ1) is 22.1. The molecule has 0 aliphatic carbocycles.